The average Bonchev–Trinajstić information content (AvgIpc) is 2.95. The third-order valence-electron chi connectivity index (χ3n) is 3.00. The molecule has 1 heterocycles. The minimum absolute atomic E-state index is 0. The van der Waals surface area contributed by atoms with Crippen LogP contribution in [0.2, 0.25) is 0 Å². The molecule has 1 aromatic heterocycles. The van der Waals surface area contributed by atoms with Crippen molar-refractivity contribution in [2.45, 2.75) is 25.8 Å². The fraction of sp³-hybridized carbons (Fsp3) is 0.333. The van der Waals surface area contributed by atoms with E-state index in [0.29, 0.717) is 19.4 Å². The Hall–Kier alpha value is -1.88. The average molecular weight is 312 g/mol. The third kappa shape index (κ3) is 6.40. The molecule has 114 valence electrons. The summed E-state index contributed by atoms with van der Waals surface area (Å²) < 4.78 is 14.9. The van der Waals surface area contributed by atoms with Crippen LogP contribution >= 0.6 is 12.4 Å². The van der Waals surface area contributed by atoms with Crippen molar-refractivity contribution in [2.24, 2.45) is 0 Å². The number of hydrogen-bond acceptors (Lipinski definition) is 2. The first-order valence-corrected chi connectivity index (χ1v) is 6.71. The van der Waals surface area contributed by atoms with Gasteiger partial charge in [-0.2, -0.15) is 0 Å². The second-order valence-electron chi connectivity index (χ2n) is 4.63. The van der Waals surface area contributed by atoms with Gasteiger partial charge >= 0.3 is 0 Å². The standard InChI is InChI=1S/C15H18FN3O.ClH/c16-14-4-1-3-13(11-14)5-6-15(20)18-7-2-9-19-10-8-17-12-19;/h1,3-4,8,10-12H,2,5-7,9H2,(H,18,20);1H. The number of hydrogen-bond donors (Lipinski definition) is 1. The number of imidazole rings is 1. The van der Waals surface area contributed by atoms with Crippen molar-refractivity contribution in [3.8, 4) is 0 Å². The summed E-state index contributed by atoms with van der Waals surface area (Å²) in [5.41, 5.74) is 0.846. The second-order valence-corrected chi connectivity index (χ2v) is 4.63. The van der Waals surface area contributed by atoms with Crippen LogP contribution in [0.25, 0.3) is 0 Å². The van der Waals surface area contributed by atoms with E-state index in [-0.39, 0.29) is 24.1 Å². The van der Waals surface area contributed by atoms with Gasteiger partial charge in [-0.05, 0) is 30.5 Å². The molecule has 0 aliphatic carbocycles. The molecule has 0 spiro atoms. The number of carbonyl (C=O) groups excluding carboxylic acids is 1. The van der Waals surface area contributed by atoms with Crippen LogP contribution < -0.4 is 5.32 Å². The summed E-state index contributed by atoms with van der Waals surface area (Å²) in [4.78, 5) is 15.6. The summed E-state index contributed by atoms with van der Waals surface area (Å²) in [6.45, 7) is 1.48. The number of benzene rings is 1. The number of aromatic nitrogens is 2. The van der Waals surface area contributed by atoms with Crippen LogP contribution in [0.4, 0.5) is 4.39 Å². The van der Waals surface area contributed by atoms with Crippen molar-refractivity contribution in [1.29, 1.82) is 0 Å². The van der Waals surface area contributed by atoms with Gasteiger partial charge in [-0.25, -0.2) is 9.37 Å². The molecule has 1 aromatic carbocycles. The van der Waals surface area contributed by atoms with Gasteiger partial charge in [0, 0.05) is 31.9 Å². The van der Waals surface area contributed by atoms with Gasteiger partial charge in [0.2, 0.25) is 5.91 Å². The number of amides is 1. The Morgan fingerprint density at radius 1 is 1.38 bits per heavy atom. The molecule has 0 saturated heterocycles. The van der Waals surface area contributed by atoms with Crippen LogP contribution in [-0.4, -0.2) is 22.0 Å². The Bertz CT molecular complexity index is 546. The summed E-state index contributed by atoms with van der Waals surface area (Å²) in [5, 5.41) is 2.86. The Kier molecular flexibility index (Phi) is 7.46. The first kappa shape index (κ1) is 17.2. The van der Waals surface area contributed by atoms with Gasteiger partial charge in [-0.3, -0.25) is 4.79 Å². The van der Waals surface area contributed by atoms with Crippen molar-refractivity contribution in [1.82, 2.24) is 14.9 Å². The lowest BCUT2D eigenvalue weighted by atomic mass is 10.1. The summed E-state index contributed by atoms with van der Waals surface area (Å²) >= 11 is 0. The molecule has 0 aliphatic heterocycles. The Balaban J connectivity index is 0.00000220. The quantitative estimate of drug-likeness (QED) is 0.799. The highest BCUT2D eigenvalue weighted by atomic mass is 35.5. The van der Waals surface area contributed by atoms with E-state index in [2.05, 4.69) is 10.3 Å². The molecule has 0 unspecified atom stereocenters. The fourth-order valence-electron chi connectivity index (χ4n) is 1.95. The summed E-state index contributed by atoms with van der Waals surface area (Å²) in [6, 6.07) is 6.36. The maximum absolute atomic E-state index is 13.0. The highest BCUT2D eigenvalue weighted by molar-refractivity contribution is 5.85. The van der Waals surface area contributed by atoms with Gasteiger partial charge in [0.05, 0.1) is 6.33 Å². The first-order chi connectivity index (χ1) is 9.74. The molecule has 1 amide bonds. The predicted octanol–water partition coefficient (Wildman–Crippen LogP) is 2.58. The van der Waals surface area contributed by atoms with Crippen LogP contribution in [0.5, 0.6) is 0 Å². The monoisotopic (exact) mass is 311 g/mol. The predicted molar refractivity (Wildman–Crippen MR) is 81.8 cm³/mol. The van der Waals surface area contributed by atoms with Crippen molar-refractivity contribution >= 4 is 18.3 Å². The number of halogens is 2. The SMILES string of the molecule is Cl.O=C(CCc1cccc(F)c1)NCCCn1ccnc1. The minimum Gasteiger partial charge on any atom is -0.356 e. The van der Waals surface area contributed by atoms with Crippen LogP contribution in [0.3, 0.4) is 0 Å². The van der Waals surface area contributed by atoms with Crippen LogP contribution in [0.15, 0.2) is 43.0 Å². The molecule has 0 atom stereocenters. The maximum atomic E-state index is 13.0. The van der Waals surface area contributed by atoms with Crippen LogP contribution in [-0.2, 0) is 17.8 Å². The molecule has 0 bridgehead atoms. The number of rotatable bonds is 7. The summed E-state index contributed by atoms with van der Waals surface area (Å²) in [7, 11) is 0. The molecule has 0 fully saturated rings. The minimum atomic E-state index is -0.261. The maximum Gasteiger partial charge on any atom is 0.220 e. The molecule has 0 radical (unpaired) electrons. The molecule has 2 aromatic rings. The Labute approximate surface area is 129 Å². The molecule has 6 heteroatoms. The van der Waals surface area contributed by atoms with Gasteiger partial charge in [-0.15, -0.1) is 12.4 Å². The van der Waals surface area contributed by atoms with Crippen molar-refractivity contribution in [2.75, 3.05) is 6.54 Å². The second kappa shape index (κ2) is 9.13. The van der Waals surface area contributed by atoms with Crippen molar-refractivity contribution in [3.05, 3.63) is 54.4 Å². The molecule has 4 nitrogen and oxygen atoms in total. The number of nitrogens with zero attached hydrogens (tertiary/aromatic N) is 2. The smallest absolute Gasteiger partial charge is 0.220 e. The van der Waals surface area contributed by atoms with Gasteiger partial charge < -0.3 is 9.88 Å². The Morgan fingerprint density at radius 3 is 2.95 bits per heavy atom. The van der Waals surface area contributed by atoms with E-state index in [0.717, 1.165) is 18.5 Å². The molecule has 21 heavy (non-hydrogen) atoms. The van der Waals surface area contributed by atoms with E-state index in [1.165, 1.54) is 12.1 Å². The van der Waals surface area contributed by atoms with Gasteiger partial charge in [-0.1, -0.05) is 12.1 Å². The fourth-order valence-corrected chi connectivity index (χ4v) is 1.95. The van der Waals surface area contributed by atoms with Gasteiger partial charge in [0.1, 0.15) is 5.82 Å². The van der Waals surface area contributed by atoms with E-state index >= 15 is 0 Å². The van der Waals surface area contributed by atoms with Gasteiger partial charge in [0.15, 0.2) is 0 Å². The van der Waals surface area contributed by atoms with Crippen molar-refractivity contribution in [3.63, 3.8) is 0 Å². The van der Waals surface area contributed by atoms with E-state index in [1.54, 1.807) is 18.6 Å². The topological polar surface area (TPSA) is 46.9 Å². The van der Waals surface area contributed by atoms with Gasteiger partial charge in [0.25, 0.3) is 0 Å². The largest absolute Gasteiger partial charge is 0.356 e. The highest BCUT2D eigenvalue weighted by Crippen LogP contribution is 2.06. The van der Waals surface area contributed by atoms with E-state index in [4.69, 9.17) is 0 Å². The number of aryl methyl sites for hydroxylation is 2. The van der Waals surface area contributed by atoms with E-state index in [1.807, 2.05) is 16.8 Å². The lowest BCUT2D eigenvalue weighted by Gasteiger charge is -2.06. The van der Waals surface area contributed by atoms with E-state index in [9.17, 15) is 9.18 Å². The molecular formula is C15H19ClFN3O. The lowest BCUT2D eigenvalue weighted by molar-refractivity contribution is -0.121. The zero-order valence-corrected chi connectivity index (χ0v) is 12.5. The highest BCUT2D eigenvalue weighted by Gasteiger charge is 2.02. The zero-order valence-electron chi connectivity index (χ0n) is 11.7. The molecule has 0 aliphatic rings. The third-order valence-corrected chi connectivity index (χ3v) is 3.00. The van der Waals surface area contributed by atoms with Crippen LogP contribution in [0.1, 0.15) is 18.4 Å². The van der Waals surface area contributed by atoms with Crippen molar-refractivity contribution < 1.29 is 9.18 Å². The normalized spacial score (nSPS) is 9.95. The lowest BCUT2D eigenvalue weighted by Crippen LogP contribution is -2.25. The van der Waals surface area contributed by atoms with E-state index < -0.39 is 0 Å². The summed E-state index contributed by atoms with van der Waals surface area (Å²) in [5.74, 6) is -0.261. The number of carbonyl (C=O) groups is 1. The molecular weight excluding hydrogens is 293 g/mol. The molecule has 2 rings (SSSR count). The van der Waals surface area contributed by atoms with Crippen LogP contribution in [0, 0.1) is 5.82 Å². The molecule has 0 saturated carbocycles. The Morgan fingerprint density at radius 2 is 2.24 bits per heavy atom. The summed E-state index contributed by atoms with van der Waals surface area (Å²) in [6.07, 6.45) is 7.19. The number of nitrogens with one attached hydrogen (secondary N) is 1. The molecule has 1 N–H and O–H groups in total. The first-order valence-electron chi connectivity index (χ1n) is 6.71. The zero-order chi connectivity index (χ0) is 14.2.